The molecule has 2 rings (SSSR count). The Morgan fingerprint density at radius 2 is 2.30 bits per heavy atom. The van der Waals surface area contributed by atoms with Crippen molar-refractivity contribution in [2.24, 2.45) is 0 Å². The lowest BCUT2D eigenvalue weighted by Crippen LogP contribution is -2.05. The molecule has 104 valence electrons. The standard InChI is InChI=1S/C12H11N3O4S/c16-11(17)9-3-1-2-8(6-9)4-5-13-12-14-7-10(20-12)15(18)19/h1-3,6-7H,4-5H2,(H,13,14)(H,16,17). The molecule has 8 heteroatoms. The monoisotopic (exact) mass is 293 g/mol. The Kier molecular flexibility index (Phi) is 4.26. The van der Waals surface area contributed by atoms with E-state index in [1.807, 2.05) is 6.07 Å². The third-order valence-electron chi connectivity index (χ3n) is 2.54. The summed E-state index contributed by atoms with van der Waals surface area (Å²) < 4.78 is 0. The number of hydrogen-bond donors (Lipinski definition) is 2. The lowest BCUT2D eigenvalue weighted by Gasteiger charge is -2.03. The largest absolute Gasteiger partial charge is 0.478 e. The number of aromatic carboxylic acids is 1. The minimum absolute atomic E-state index is 0.0135. The van der Waals surface area contributed by atoms with E-state index in [-0.39, 0.29) is 10.6 Å². The SMILES string of the molecule is O=C(O)c1cccc(CCNc2ncc([N+](=O)[O-])s2)c1. The Morgan fingerprint density at radius 3 is 2.95 bits per heavy atom. The average molecular weight is 293 g/mol. The zero-order valence-electron chi connectivity index (χ0n) is 10.3. The van der Waals surface area contributed by atoms with Gasteiger partial charge in [-0.1, -0.05) is 12.1 Å². The summed E-state index contributed by atoms with van der Waals surface area (Å²) in [5, 5.41) is 22.8. The van der Waals surface area contributed by atoms with Gasteiger partial charge in [0.2, 0.25) is 0 Å². The molecule has 0 aliphatic carbocycles. The third-order valence-corrected chi connectivity index (χ3v) is 3.44. The number of hydrogen-bond acceptors (Lipinski definition) is 6. The Hall–Kier alpha value is -2.48. The Morgan fingerprint density at radius 1 is 1.50 bits per heavy atom. The van der Waals surface area contributed by atoms with Gasteiger partial charge in [-0.25, -0.2) is 9.78 Å². The van der Waals surface area contributed by atoms with Crippen LogP contribution in [-0.4, -0.2) is 27.5 Å². The predicted molar refractivity (Wildman–Crippen MR) is 74.4 cm³/mol. The number of carboxylic acids is 1. The first-order valence-electron chi connectivity index (χ1n) is 5.72. The van der Waals surface area contributed by atoms with Crippen molar-refractivity contribution in [1.29, 1.82) is 0 Å². The number of benzene rings is 1. The van der Waals surface area contributed by atoms with Crippen LogP contribution >= 0.6 is 11.3 Å². The molecule has 0 saturated carbocycles. The van der Waals surface area contributed by atoms with Crippen molar-refractivity contribution in [2.45, 2.75) is 6.42 Å². The summed E-state index contributed by atoms with van der Waals surface area (Å²) in [7, 11) is 0. The van der Waals surface area contributed by atoms with Crippen molar-refractivity contribution in [3.8, 4) is 0 Å². The number of thiazole rings is 1. The minimum Gasteiger partial charge on any atom is -0.478 e. The molecule has 1 aromatic carbocycles. The summed E-state index contributed by atoms with van der Waals surface area (Å²) in [6, 6.07) is 6.66. The van der Waals surface area contributed by atoms with Crippen LogP contribution < -0.4 is 5.32 Å². The van der Waals surface area contributed by atoms with Gasteiger partial charge >= 0.3 is 11.0 Å². The number of nitro groups is 1. The summed E-state index contributed by atoms with van der Waals surface area (Å²) in [5.74, 6) is -0.963. The highest BCUT2D eigenvalue weighted by atomic mass is 32.1. The maximum atomic E-state index is 10.8. The molecule has 2 aromatic rings. The molecule has 0 saturated heterocycles. The van der Waals surface area contributed by atoms with Gasteiger partial charge in [-0.15, -0.1) is 0 Å². The normalized spacial score (nSPS) is 10.2. The molecule has 7 nitrogen and oxygen atoms in total. The van der Waals surface area contributed by atoms with Crippen LogP contribution in [0.5, 0.6) is 0 Å². The molecule has 0 atom stereocenters. The second-order valence-electron chi connectivity index (χ2n) is 3.94. The number of rotatable bonds is 6. The smallest absolute Gasteiger partial charge is 0.345 e. The topological polar surface area (TPSA) is 105 Å². The maximum absolute atomic E-state index is 10.8. The van der Waals surface area contributed by atoms with Crippen molar-refractivity contribution in [3.63, 3.8) is 0 Å². The second kappa shape index (κ2) is 6.11. The van der Waals surface area contributed by atoms with E-state index in [4.69, 9.17) is 5.11 Å². The van der Waals surface area contributed by atoms with Gasteiger partial charge in [-0.2, -0.15) is 0 Å². The van der Waals surface area contributed by atoms with E-state index in [9.17, 15) is 14.9 Å². The molecular formula is C12H11N3O4S. The minimum atomic E-state index is -0.963. The van der Waals surface area contributed by atoms with Crippen molar-refractivity contribution >= 4 is 27.4 Å². The van der Waals surface area contributed by atoms with Crippen molar-refractivity contribution in [3.05, 3.63) is 51.7 Å². The predicted octanol–water partition coefficient (Wildman–Crippen LogP) is 2.40. The summed E-state index contributed by atoms with van der Waals surface area (Å²) in [5.41, 5.74) is 1.12. The van der Waals surface area contributed by atoms with Crippen LogP contribution in [0.2, 0.25) is 0 Å². The fraction of sp³-hybridized carbons (Fsp3) is 0.167. The first kappa shape index (κ1) is 13.9. The van der Waals surface area contributed by atoms with Gasteiger partial charge in [-0.05, 0) is 35.5 Å². The lowest BCUT2D eigenvalue weighted by atomic mass is 10.1. The van der Waals surface area contributed by atoms with Gasteiger partial charge in [0, 0.05) is 6.54 Å². The van der Waals surface area contributed by atoms with Crippen LogP contribution in [-0.2, 0) is 6.42 Å². The molecule has 0 bridgehead atoms. The van der Waals surface area contributed by atoms with Crippen LogP contribution in [0.15, 0.2) is 30.5 Å². The molecule has 0 unspecified atom stereocenters. The summed E-state index contributed by atoms with van der Waals surface area (Å²) in [6.07, 6.45) is 1.81. The van der Waals surface area contributed by atoms with Gasteiger partial charge in [-0.3, -0.25) is 10.1 Å². The molecular weight excluding hydrogens is 282 g/mol. The highest BCUT2D eigenvalue weighted by molar-refractivity contribution is 7.18. The quantitative estimate of drug-likeness (QED) is 0.626. The van der Waals surface area contributed by atoms with Crippen molar-refractivity contribution in [2.75, 3.05) is 11.9 Å². The highest BCUT2D eigenvalue weighted by Gasteiger charge is 2.10. The molecule has 0 radical (unpaired) electrons. The summed E-state index contributed by atoms with van der Waals surface area (Å²) in [4.78, 5) is 24.7. The molecule has 20 heavy (non-hydrogen) atoms. The maximum Gasteiger partial charge on any atom is 0.345 e. The number of nitrogens with one attached hydrogen (secondary N) is 1. The number of carboxylic acid groups (broad SMARTS) is 1. The Labute approximate surface area is 118 Å². The van der Waals surface area contributed by atoms with Crippen LogP contribution in [0.3, 0.4) is 0 Å². The highest BCUT2D eigenvalue weighted by Crippen LogP contribution is 2.24. The van der Waals surface area contributed by atoms with Crippen molar-refractivity contribution < 1.29 is 14.8 Å². The van der Waals surface area contributed by atoms with Crippen molar-refractivity contribution in [1.82, 2.24) is 4.98 Å². The number of anilines is 1. The fourth-order valence-corrected chi connectivity index (χ4v) is 2.26. The zero-order valence-corrected chi connectivity index (χ0v) is 11.1. The Balaban J connectivity index is 1.90. The third kappa shape index (κ3) is 3.51. The number of carbonyl (C=O) groups is 1. The van der Waals surface area contributed by atoms with Gasteiger partial charge < -0.3 is 10.4 Å². The fourth-order valence-electron chi connectivity index (χ4n) is 1.61. The number of aromatic nitrogens is 1. The number of nitrogens with zero attached hydrogens (tertiary/aromatic N) is 2. The molecule has 1 heterocycles. The van der Waals surface area contributed by atoms with E-state index in [1.165, 1.54) is 12.3 Å². The van der Waals surface area contributed by atoms with Gasteiger partial charge in [0.05, 0.1) is 10.5 Å². The molecule has 0 fully saturated rings. The van der Waals surface area contributed by atoms with Gasteiger partial charge in [0.1, 0.15) is 6.20 Å². The van der Waals surface area contributed by atoms with E-state index in [0.29, 0.717) is 18.1 Å². The first-order chi connectivity index (χ1) is 9.56. The Bertz CT molecular complexity index is 641. The second-order valence-corrected chi connectivity index (χ2v) is 4.95. The van der Waals surface area contributed by atoms with Gasteiger partial charge in [0.25, 0.3) is 0 Å². The lowest BCUT2D eigenvalue weighted by molar-refractivity contribution is -0.380. The zero-order chi connectivity index (χ0) is 14.5. The van der Waals surface area contributed by atoms with E-state index in [0.717, 1.165) is 16.9 Å². The van der Waals surface area contributed by atoms with Gasteiger partial charge in [0.15, 0.2) is 5.13 Å². The van der Waals surface area contributed by atoms with Crippen LogP contribution in [0.1, 0.15) is 15.9 Å². The summed E-state index contributed by atoms with van der Waals surface area (Å²) in [6.45, 7) is 0.522. The van der Waals surface area contributed by atoms with Crippen LogP contribution in [0, 0.1) is 10.1 Å². The molecule has 0 aliphatic rings. The molecule has 2 N–H and O–H groups in total. The first-order valence-corrected chi connectivity index (χ1v) is 6.54. The van der Waals surface area contributed by atoms with E-state index in [1.54, 1.807) is 12.1 Å². The molecule has 0 aliphatic heterocycles. The van der Waals surface area contributed by atoms with E-state index >= 15 is 0 Å². The molecule has 1 aromatic heterocycles. The summed E-state index contributed by atoms with van der Waals surface area (Å²) >= 11 is 0.969. The molecule has 0 amide bonds. The average Bonchev–Trinajstić information content (AvgIpc) is 2.88. The van der Waals surface area contributed by atoms with Crippen LogP contribution in [0.4, 0.5) is 10.1 Å². The van der Waals surface area contributed by atoms with Crippen LogP contribution in [0.25, 0.3) is 0 Å². The van der Waals surface area contributed by atoms with E-state index < -0.39 is 10.9 Å². The molecule has 0 spiro atoms. The van der Waals surface area contributed by atoms with E-state index in [2.05, 4.69) is 10.3 Å².